The molecule has 1 aliphatic rings. The number of rotatable bonds is 2. The molecule has 0 amide bonds. The number of hydrogen-bond acceptors (Lipinski definition) is 4. The predicted octanol–water partition coefficient (Wildman–Crippen LogP) is 0.955. The molecule has 0 aliphatic carbocycles. The van der Waals surface area contributed by atoms with E-state index in [-0.39, 0.29) is 0 Å². The highest BCUT2D eigenvalue weighted by molar-refractivity contribution is 5.51. The van der Waals surface area contributed by atoms with Crippen LogP contribution < -0.4 is 4.74 Å². The van der Waals surface area contributed by atoms with Gasteiger partial charge < -0.3 is 9.47 Å². The zero-order valence-corrected chi connectivity index (χ0v) is 7.24. The third-order valence-corrected chi connectivity index (χ3v) is 2.07. The van der Waals surface area contributed by atoms with Gasteiger partial charge in [-0.25, -0.2) is 0 Å². The van der Waals surface area contributed by atoms with E-state index in [4.69, 9.17) is 9.47 Å². The molecule has 13 heavy (non-hydrogen) atoms. The van der Waals surface area contributed by atoms with Crippen molar-refractivity contribution in [3.05, 3.63) is 23.0 Å². The average Bonchev–Trinajstić information content (AvgIpc) is 2.58. The number of aryl methyl sites for hydroxylation is 1. The maximum absolute atomic E-state index is 10.2. The van der Waals surface area contributed by atoms with Gasteiger partial charge in [0.05, 0.1) is 18.9 Å². The number of pyridine rings is 1. The highest BCUT2D eigenvalue weighted by atomic mass is 16.5. The molecule has 0 saturated heterocycles. The van der Waals surface area contributed by atoms with Crippen molar-refractivity contribution in [1.29, 1.82) is 0 Å². The molecule has 0 saturated carbocycles. The normalized spacial score (nSPS) is 13.9. The summed E-state index contributed by atoms with van der Waals surface area (Å²) in [5.41, 5.74) is 2.67. The van der Waals surface area contributed by atoms with Gasteiger partial charge in [0, 0.05) is 17.3 Å². The van der Waals surface area contributed by atoms with Gasteiger partial charge >= 0.3 is 0 Å². The molecule has 0 spiro atoms. The lowest BCUT2D eigenvalue weighted by atomic mass is 10.1. The van der Waals surface area contributed by atoms with Crippen LogP contribution in [-0.4, -0.2) is 11.5 Å². The fraction of sp³-hybridized carbons (Fsp3) is 0.333. The number of aromatic nitrogens is 1. The van der Waals surface area contributed by atoms with E-state index in [9.17, 15) is 4.79 Å². The van der Waals surface area contributed by atoms with E-state index in [1.54, 1.807) is 13.1 Å². The van der Waals surface area contributed by atoms with Crippen LogP contribution in [0.2, 0.25) is 0 Å². The summed E-state index contributed by atoms with van der Waals surface area (Å²) >= 11 is 0. The van der Waals surface area contributed by atoms with Crippen molar-refractivity contribution in [2.45, 2.75) is 20.1 Å². The van der Waals surface area contributed by atoms with E-state index in [1.165, 1.54) is 0 Å². The summed E-state index contributed by atoms with van der Waals surface area (Å²) < 4.78 is 10.1. The number of carbonyl (C=O) groups excluding carboxylic acids is 1. The van der Waals surface area contributed by atoms with Gasteiger partial charge in [-0.05, 0) is 6.92 Å². The molecule has 1 aliphatic heterocycles. The Morgan fingerprint density at radius 3 is 3.23 bits per heavy atom. The van der Waals surface area contributed by atoms with Crippen LogP contribution in [0.4, 0.5) is 0 Å². The molecular weight excluding hydrogens is 170 g/mol. The van der Waals surface area contributed by atoms with E-state index in [0.29, 0.717) is 25.4 Å². The Kier molecular flexibility index (Phi) is 1.98. The van der Waals surface area contributed by atoms with Gasteiger partial charge in [-0.1, -0.05) is 0 Å². The summed E-state index contributed by atoms with van der Waals surface area (Å²) in [5.74, 6) is 0.546. The van der Waals surface area contributed by atoms with Gasteiger partial charge in [-0.15, -0.1) is 0 Å². The number of carbonyl (C=O) groups is 1. The van der Waals surface area contributed by atoms with Crippen molar-refractivity contribution in [1.82, 2.24) is 4.98 Å². The summed E-state index contributed by atoms with van der Waals surface area (Å²) in [4.78, 5) is 14.3. The molecule has 0 atom stereocenters. The zero-order chi connectivity index (χ0) is 9.26. The van der Waals surface area contributed by atoms with Gasteiger partial charge in [0.25, 0.3) is 6.47 Å². The van der Waals surface area contributed by atoms with Crippen molar-refractivity contribution in [2.24, 2.45) is 0 Å². The zero-order valence-electron chi connectivity index (χ0n) is 7.24. The van der Waals surface area contributed by atoms with Crippen LogP contribution >= 0.6 is 0 Å². The fourth-order valence-corrected chi connectivity index (χ4v) is 1.43. The second-order valence-corrected chi connectivity index (χ2v) is 2.88. The van der Waals surface area contributed by atoms with Gasteiger partial charge in [-0.3, -0.25) is 9.78 Å². The van der Waals surface area contributed by atoms with E-state index in [1.807, 2.05) is 0 Å². The Morgan fingerprint density at radius 2 is 2.46 bits per heavy atom. The summed E-state index contributed by atoms with van der Waals surface area (Å²) in [6, 6.07) is 0. The minimum Gasteiger partial charge on any atom is -0.426 e. The van der Waals surface area contributed by atoms with Gasteiger partial charge in [0.15, 0.2) is 5.75 Å². The first-order chi connectivity index (χ1) is 6.33. The van der Waals surface area contributed by atoms with Crippen molar-refractivity contribution in [3.8, 4) is 5.75 Å². The summed E-state index contributed by atoms with van der Waals surface area (Å²) in [7, 11) is 0. The maximum Gasteiger partial charge on any atom is 0.298 e. The van der Waals surface area contributed by atoms with Crippen LogP contribution in [0.3, 0.4) is 0 Å². The minimum atomic E-state index is 0.419. The van der Waals surface area contributed by atoms with Crippen molar-refractivity contribution in [3.63, 3.8) is 0 Å². The number of fused-ring (bicyclic) bond motifs is 1. The first-order valence-corrected chi connectivity index (χ1v) is 3.98. The second-order valence-electron chi connectivity index (χ2n) is 2.88. The second kappa shape index (κ2) is 3.14. The fourth-order valence-electron chi connectivity index (χ4n) is 1.43. The number of nitrogens with zero attached hydrogens (tertiary/aromatic N) is 1. The van der Waals surface area contributed by atoms with Gasteiger partial charge in [0.2, 0.25) is 0 Å². The average molecular weight is 179 g/mol. The van der Waals surface area contributed by atoms with Crippen LogP contribution in [0, 0.1) is 6.92 Å². The molecule has 0 fully saturated rings. The van der Waals surface area contributed by atoms with Gasteiger partial charge in [-0.2, -0.15) is 0 Å². The smallest absolute Gasteiger partial charge is 0.298 e. The topological polar surface area (TPSA) is 48.4 Å². The third kappa shape index (κ3) is 1.29. The molecule has 0 aromatic carbocycles. The molecule has 4 heteroatoms. The van der Waals surface area contributed by atoms with Crippen LogP contribution in [0.15, 0.2) is 6.20 Å². The van der Waals surface area contributed by atoms with E-state index in [2.05, 4.69) is 4.98 Å². The summed E-state index contributed by atoms with van der Waals surface area (Å²) in [6.45, 7) is 3.28. The molecule has 2 heterocycles. The Labute approximate surface area is 75.5 Å². The lowest BCUT2D eigenvalue weighted by Crippen LogP contribution is -1.99. The van der Waals surface area contributed by atoms with E-state index in [0.717, 1.165) is 16.8 Å². The van der Waals surface area contributed by atoms with E-state index >= 15 is 0 Å². The molecule has 2 rings (SSSR count). The summed E-state index contributed by atoms with van der Waals surface area (Å²) in [5, 5.41) is 0. The minimum absolute atomic E-state index is 0.419. The lowest BCUT2D eigenvalue weighted by Gasteiger charge is -2.06. The van der Waals surface area contributed by atoms with Crippen molar-refractivity contribution >= 4 is 6.47 Å². The Hall–Kier alpha value is -1.42. The molecular formula is C9H9NO3. The Balaban J connectivity index is 2.51. The molecule has 4 nitrogen and oxygen atoms in total. The molecule has 0 bridgehead atoms. The van der Waals surface area contributed by atoms with Crippen LogP contribution in [0.25, 0.3) is 0 Å². The highest BCUT2D eigenvalue weighted by Crippen LogP contribution is 2.30. The number of ether oxygens (including phenoxy) is 2. The third-order valence-electron chi connectivity index (χ3n) is 2.07. The monoisotopic (exact) mass is 179 g/mol. The van der Waals surface area contributed by atoms with Crippen molar-refractivity contribution in [2.75, 3.05) is 0 Å². The standard InChI is InChI=1S/C9H9NO3/c1-6-9(13-5-11)8-4-12-3-7(8)2-10-6/h2,5H,3-4H2,1H3. The van der Waals surface area contributed by atoms with Gasteiger partial charge in [0.1, 0.15) is 0 Å². The molecule has 0 radical (unpaired) electrons. The largest absolute Gasteiger partial charge is 0.426 e. The van der Waals surface area contributed by atoms with E-state index < -0.39 is 0 Å². The molecule has 68 valence electrons. The summed E-state index contributed by atoms with van der Waals surface area (Å²) in [6.07, 6.45) is 1.76. The Morgan fingerprint density at radius 1 is 1.62 bits per heavy atom. The first-order valence-electron chi connectivity index (χ1n) is 3.98. The highest BCUT2D eigenvalue weighted by Gasteiger charge is 2.18. The quantitative estimate of drug-likeness (QED) is 0.634. The number of hydrogen-bond donors (Lipinski definition) is 0. The Bertz CT molecular complexity index is 349. The molecule has 0 N–H and O–H groups in total. The van der Waals surface area contributed by atoms with Crippen LogP contribution in [0.5, 0.6) is 5.75 Å². The first kappa shape index (κ1) is 8.19. The maximum atomic E-state index is 10.2. The molecule has 0 unspecified atom stereocenters. The lowest BCUT2D eigenvalue weighted by molar-refractivity contribution is -0.120. The molecule has 1 aromatic rings. The van der Waals surface area contributed by atoms with Crippen LogP contribution in [0.1, 0.15) is 16.8 Å². The predicted molar refractivity (Wildman–Crippen MR) is 44.2 cm³/mol. The SMILES string of the molecule is Cc1ncc2c(c1OC=O)COC2. The van der Waals surface area contributed by atoms with Crippen molar-refractivity contribution < 1.29 is 14.3 Å². The van der Waals surface area contributed by atoms with Crippen LogP contribution in [-0.2, 0) is 22.7 Å². The molecule has 1 aromatic heterocycles.